The molecule has 160 valence electrons. The van der Waals surface area contributed by atoms with Crippen molar-refractivity contribution in [2.45, 2.75) is 57.8 Å². The molecule has 1 fully saturated rings. The van der Waals surface area contributed by atoms with E-state index in [2.05, 4.69) is 56.9 Å². The SMILES string of the molecule is CN=C(NCc1ccccc1CN(C)C1CCCCC1)NCc1ccnn1C.I. The van der Waals surface area contributed by atoms with Gasteiger partial charge in [0.2, 0.25) is 0 Å². The second kappa shape index (κ2) is 12.2. The van der Waals surface area contributed by atoms with Crippen molar-refractivity contribution >= 4 is 29.9 Å². The lowest BCUT2D eigenvalue weighted by Gasteiger charge is -2.31. The van der Waals surface area contributed by atoms with E-state index in [9.17, 15) is 0 Å². The van der Waals surface area contributed by atoms with Crippen molar-refractivity contribution in [2.75, 3.05) is 14.1 Å². The summed E-state index contributed by atoms with van der Waals surface area (Å²) < 4.78 is 1.87. The molecule has 7 heteroatoms. The summed E-state index contributed by atoms with van der Waals surface area (Å²) in [6.45, 7) is 2.46. The van der Waals surface area contributed by atoms with Gasteiger partial charge in [-0.15, -0.1) is 24.0 Å². The van der Waals surface area contributed by atoms with Gasteiger partial charge < -0.3 is 10.6 Å². The molecule has 6 nitrogen and oxygen atoms in total. The van der Waals surface area contributed by atoms with Crippen molar-refractivity contribution in [1.29, 1.82) is 0 Å². The number of benzene rings is 1. The Morgan fingerprint density at radius 1 is 1.10 bits per heavy atom. The van der Waals surface area contributed by atoms with Gasteiger partial charge in [0.15, 0.2) is 5.96 Å². The largest absolute Gasteiger partial charge is 0.352 e. The second-order valence-corrected chi connectivity index (χ2v) is 7.70. The van der Waals surface area contributed by atoms with Crippen LogP contribution in [-0.4, -0.2) is 40.8 Å². The third kappa shape index (κ3) is 6.99. The lowest BCUT2D eigenvalue weighted by molar-refractivity contribution is 0.184. The van der Waals surface area contributed by atoms with E-state index in [1.165, 1.54) is 43.2 Å². The zero-order valence-electron chi connectivity index (χ0n) is 17.9. The van der Waals surface area contributed by atoms with E-state index in [0.29, 0.717) is 6.54 Å². The minimum absolute atomic E-state index is 0. The average molecular weight is 510 g/mol. The van der Waals surface area contributed by atoms with Crippen molar-refractivity contribution in [2.24, 2.45) is 12.0 Å². The molecule has 2 aromatic rings. The number of hydrogen-bond acceptors (Lipinski definition) is 3. The number of rotatable bonds is 7. The maximum Gasteiger partial charge on any atom is 0.191 e. The molecule has 1 saturated carbocycles. The van der Waals surface area contributed by atoms with Crippen LogP contribution in [0.15, 0.2) is 41.5 Å². The number of nitrogens with one attached hydrogen (secondary N) is 2. The fourth-order valence-electron chi connectivity index (χ4n) is 3.95. The van der Waals surface area contributed by atoms with Gasteiger partial charge in [0.05, 0.1) is 12.2 Å². The summed E-state index contributed by atoms with van der Waals surface area (Å²) in [5, 5.41) is 11.0. The lowest BCUT2D eigenvalue weighted by atomic mass is 9.94. The fourth-order valence-corrected chi connectivity index (χ4v) is 3.95. The number of aromatic nitrogens is 2. The van der Waals surface area contributed by atoms with Gasteiger partial charge in [0.25, 0.3) is 0 Å². The Balaban J connectivity index is 0.00000300. The van der Waals surface area contributed by atoms with E-state index in [0.717, 1.165) is 30.8 Å². The number of aliphatic imine (C=N–C) groups is 1. The number of nitrogens with zero attached hydrogens (tertiary/aromatic N) is 4. The van der Waals surface area contributed by atoms with Crippen molar-refractivity contribution in [3.63, 3.8) is 0 Å². The third-order valence-electron chi connectivity index (χ3n) is 5.77. The highest BCUT2D eigenvalue weighted by Gasteiger charge is 2.18. The first kappa shape index (κ1) is 23.7. The Bertz CT molecular complexity index is 766. The smallest absolute Gasteiger partial charge is 0.191 e. The molecule has 3 rings (SSSR count). The quantitative estimate of drug-likeness (QED) is 0.339. The summed E-state index contributed by atoms with van der Waals surface area (Å²) in [6.07, 6.45) is 8.62. The maximum atomic E-state index is 4.35. The molecule has 0 spiro atoms. The van der Waals surface area contributed by atoms with Crippen LogP contribution in [0.2, 0.25) is 0 Å². The summed E-state index contributed by atoms with van der Waals surface area (Å²) in [6, 6.07) is 11.5. The first-order valence-corrected chi connectivity index (χ1v) is 10.4. The Kier molecular flexibility index (Phi) is 9.93. The number of guanidine groups is 1. The van der Waals surface area contributed by atoms with E-state index in [-0.39, 0.29) is 24.0 Å². The first-order valence-electron chi connectivity index (χ1n) is 10.4. The minimum Gasteiger partial charge on any atom is -0.352 e. The Morgan fingerprint density at radius 3 is 2.45 bits per heavy atom. The number of aryl methyl sites for hydroxylation is 1. The monoisotopic (exact) mass is 510 g/mol. The maximum absolute atomic E-state index is 4.35. The average Bonchev–Trinajstić information content (AvgIpc) is 3.14. The molecule has 29 heavy (non-hydrogen) atoms. The lowest BCUT2D eigenvalue weighted by Crippen LogP contribution is -2.37. The molecular weight excluding hydrogens is 475 g/mol. The van der Waals surface area contributed by atoms with Crippen LogP contribution in [0.3, 0.4) is 0 Å². The standard InChI is InChI=1S/C22H34N6.HI/c1-23-22(25-16-21-13-14-26-28(21)3)24-15-18-9-7-8-10-19(18)17-27(2)20-11-5-4-6-12-20;/h7-10,13-14,20H,4-6,11-12,15-17H2,1-3H3,(H2,23,24,25);1H. The van der Waals surface area contributed by atoms with E-state index >= 15 is 0 Å². The van der Waals surface area contributed by atoms with Crippen LogP contribution >= 0.6 is 24.0 Å². The minimum atomic E-state index is 0. The molecule has 1 aromatic carbocycles. The fraction of sp³-hybridized carbons (Fsp3) is 0.545. The van der Waals surface area contributed by atoms with E-state index in [1.54, 1.807) is 7.05 Å². The third-order valence-corrected chi connectivity index (χ3v) is 5.77. The Hall–Kier alpha value is -1.61. The molecular formula is C22H35IN6. The van der Waals surface area contributed by atoms with Crippen LogP contribution in [0.25, 0.3) is 0 Å². The molecule has 0 radical (unpaired) electrons. The van der Waals surface area contributed by atoms with Gasteiger partial charge in [-0.3, -0.25) is 14.6 Å². The van der Waals surface area contributed by atoms with Crippen LogP contribution in [0.1, 0.15) is 48.9 Å². The Labute approximate surface area is 192 Å². The highest BCUT2D eigenvalue weighted by molar-refractivity contribution is 14.0. The van der Waals surface area contributed by atoms with Crippen LogP contribution in [0, 0.1) is 0 Å². The van der Waals surface area contributed by atoms with Gasteiger partial charge >= 0.3 is 0 Å². The normalized spacial score (nSPS) is 15.2. The highest BCUT2D eigenvalue weighted by Crippen LogP contribution is 2.23. The molecule has 1 heterocycles. The molecule has 1 aliphatic rings. The molecule has 1 aliphatic carbocycles. The van der Waals surface area contributed by atoms with Gasteiger partial charge in [-0.1, -0.05) is 43.5 Å². The van der Waals surface area contributed by atoms with E-state index in [1.807, 2.05) is 24.0 Å². The summed E-state index contributed by atoms with van der Waals surface area (Å²) in [7, 11) is 6.03. The molecule has 0 bridgehead atoms. The molecule has 2 N–H and O–H groups in total. The van der Waals surface area contributed by atoms with E-state index < -0.39 is 0 Å². The molecule has 0 atom stereocenters. The summed E-state index contributed by atoms with van der Waals surface area (Å²) >= 11 is 0. The summed E-state index contributed by atoms with van der Waals surface area (Å²) in [5.41, 5.74) is 3.84. The van der Waals surface area contributed by atoms with E-state index in [4.69, 9.17) is 0 Å². The highest BCUT2D eigenvalue weighted by atomic mass is 127. The molecule has 0 amide bonds. The van der Waals surface area contributed by atoms with Crippen LogP contribution in [-0.2, 0) is 26.7 Å². The van der Waals surface area contributed by atoms with Crippen molar-refractivity contribution in [3.8, 4) is 0 Å². The predicted octanol–water partition coefficient (Wildman–Crippen LogP) is 3.67. The molecule has 1 aromatic heterocycles. The van der Waals surface area contributed by atoms with Gasteiger partial charge in [-0.05, 0) is 37.1 Å². The predicted molar refractivity (Wildman–Crippen MR) is 130 cm³/mol. The Morgan fingerprint density at radius 2 is 1.79 bits per heavy atom. The first-order chi connectivity index (χ1) is 13.7. The van der Waals surface area contributed by atoms with Gasteiger partial charge in [-0.2, -0.15) is 5.10 Å². The van der Waals surface area contributed by atoms with Crippen LogP contribution in [0.5, 0.6) is 0 Å². The summed E-state index contributed by atoms with van der Waals surface area (Å²) in [5.74, 6) is 0.802. The van der Waals surface area contributed by atoms with Crippen LogP contribution < -0.4 is 10.6 Å². The van der Waals surface area contributed by atoms with Gasteiger partial charge in [-0.25, -0.2) is 0 Å². The molecule has 0 unspecified atom stereocenters. The number of halogens is 1. The van der Waals surface area contributed by atoms with Crippen molar-refractivity contribution < 1.29 is 0 Å². The van der Waals surface area contributed by atoms with Crippen LogP contribution in [0.4, 0.5) is 0 Å². The van der Waals surface area contributed by atoms with Gasteiger partial charge in [0.1, 0.15) is 0 Å². The molecule has 0 aliphatic heterocycles. The summed E-state index contributed by atoms with van der Waals surface area (Å²) in [4.78, 5) is 6.89. The van der Waals surface area contributed by atoms with Gasteiger partial charge in [0, 0.05) is 39.4 Å². The topological polar surface area (TPSA) is 57.5 Å². The second-order valence-electron chi connectivity index (χ2n) is 7.70. The van der Waals surface area contributed by atoms with Crippen molar-refractivity contribution in [1.82, 2.24) is 25.3 Å². The zero-order valence-corrected chi connectivity index (χ0v) is 20.2. The van der Waals surface area contributed by atoms with Crippen molar-refractivity contribution in [3.05, 3.63) is 53.3 Å². The number of hydrogen-bond donors (Lipinski definition) is 2. The molecule has 0 saturated heterocycles. The zero-order chi connectivity index (χ0) is 19.8.